The molecule has 4 rings (SSSR count). The lowest BCUT2D eigenvalue weighted by Gasteiger charge is -2.37. The summed E-state index contributed by atoms with van der Waals surface area (Å²) in [5, 5.41) is 8.39. The maximum Gasteiger partial charge on any atom is 0.258 e. The van der Waals surface area contributed by atoms with E-state index in [-0.39, 0.29) is 6.04 Å². The van der Waals surface area contributed by atoms with E-state index in [2.05, 4.69) is 15.4 Å². The second kappa shape index (κ2) is 11.3. The van der Waals surface area contributed by atoms with Gasteiger partial charge in [0.05, 0.1) is 25.8 Å². The largest absolute Gasteiger partial charge is 0.497 e. The van der Waals surface area contributed by atoms with E-state index in [9.17, 15) is 0 Å². The first kappa shape index (κ1) is 24.7. The lowest BCUT2D eigenvalue weighted by Crippen LogP contribution is -2.46. The quantitative estimate of drug-likeness (QED) is 0.314. The van der Waals surface area contributed by atoms with Crippen molar-refractivity contribution in [2.75, 3.05) is 34.0 Å². The first-order chi connectivity index (χ1) is 17.0. The second-order valence-electron chi connectivity index (χ2n) is 8.01. The Bertz CT molecular complexity index is 1190. The van der Waals surface area contributed by atoms with Gasteiger partial charge in [0.1, 0.15) is 11.5 Å². The predicted octanol–water partition coefficient (Wildman–Crippen LogP) is 4.84. The molecule has 3 aromatic rings. The van der Waals surface area contributed by atoms with E-state index < -0.39 is 0 Å². The van der Waals surface area contributed by atoms with Crippen molar-refractivity contribution in [3.8, 4) is 22.9 Å². The van der Waals surface area contributed by atoms with E-state index >= 15 is 0 Å². The molecule has 1 atom stereocenters. The van der Waals surface area contributed by atoms with Crippen LogP contribution < -0.4 is 14.8 Å². The lowest BCUT2D eigenvalue weighted by atomic mass is 9.94. The summed E-state index contributed by atoms with van der Waals surface area (Å²) >= 11 is 5.75. The number of hydrogen-bond acceptors (Lipinski definition) is 7. The van der Waals surface area contributed by atoms with Crippen molar-refractivity contribution >= 4 is 22.9 Å². The number of rotatable bonds is 10. The molecule has 35 heavy (non-hydrogen) atoms. The Morgan fingerprint density at radius 3 is 2.57 bits per heavy atom. The number of methoxy groups -OCH3 is 2. The molecule has 0 aliphatic carbocycles. The third kappa shape index (κ3) is 5.47. The molecule has 1 N–H and O–H groups in total. The minimum absolute atomic E-state index is 0.254. The molecule has 9 heteroatoms. The molecule has 0 spiro atoms. The van der Waals surface area contributed by atoms with Gasteiger partial charge in [0, 0.05) is 31.0 Å². The average molecular weight is 495 g/mol. The van der Waals surface area contributed by atoms with Crippen LogP contribution in [0.25, 0.3) is 17.0 Å². The van der Waals surface area contributed by atoms with E-state index in [4.69, 9.17) is 35.9 Å². The molecular weight excluding hydrogens is 464 g/mol. The van der Waals surface area contributed by atoms with Crippen LogP contribution >= 0.6 is 12.2 Å². The summed E-state index contributed by atoms with van der Waals surface area (Å²) in [5.41, 5.74) is 3.66. The Hall–Kier alpha value is -3.43. The van der Waals surface area contributed by atoms with E-state index in [1.807, 2.05) is 62.4 Å². The summed E-state index contributed by atoms with van der Waals surface area (Å²) in [5.74, 6) is 2.44. The molecule has 1 aromatic heterocycles. The lowest BCUT2D eigenvalue weighted by molar-refractivity contribution is 0.141. The van der Waals surface area contributed by atoms with Crippen molar-refractivity contribution < 1.29 is 18.7 Å². The van der Waals surface area contributed by atoms with Gasteiger partial charge >= 0.3 is 0 Å². The SMILES string of the molecule is CCOCCCN1C(=S)NC(c2ccc(OC)cc2)C(c2nc(-c3cccc(OC)c3)no2)=C1C. The highest BCUT2D eigenvalue weighted by atomic mass is 32.1. The zero-order chi connectivity index (χ0) is 24.8. The highest BCUT2D eigenvalue weighted by Gasteiger charge is 2.34. The molecule has 0 amide bonds. The van der Waals surface area contributed by atoms with Crippen molar-refractivity contribution in [2.45, 2.75) is 26.3 Å². The molecule has 0 bridgehead atoms. The van der Waals surface area contributed by atoms with Crippen LogP contribution in [0.4, 0.5) is 0 Å². The van der Waals surface area contributed by atoms with E-state index in [1.165, 1.54) is 0 Å². The van der Waals surface area contributed by atoms with Gasteiger partial charge < -0.3 is 29.0 Å². The number of thiocarbonyl (C=S) groups is 1. The third-order valence-corrected chi connectivity index (χ3v) is 6.24. The highest BCUT2D eigenvalue weighted by molar-refractivity contribution is 7.80. The summed E-state index contributed by atoms with van der Waals surface area (Å²) in [4.78, 5) is 6.83. The zero-order valence-corrected chi connectivity index (χ0v) is 21.2. The molecule has 1 aliphatic heterocycles. The van der Waals surface area contributed by atoms with Crippen molar-refractivity contribution in [3.05, 3.63) is 65.7 Å². The van der Waals surface area contributed by atoms with Gasteiger partial charge in [0.15, 0.2) is 5.11 Å². The molecule has 2 heterocycles. The maximum atomic E-state index is 5.81. The summed E-state index contributed by atoms with van der Waals surface area (Å²) < 4.78 is 22.0. The van der Waals surface area contributed by atoms with Gasteiger partial charge in [-0.2, -0.15) is 4.98 Å². The predicted molar refractivity (Wildman–Crippen MR) is 138 cm³/mol. The first-order valence-corrected chi connectivity index (χ1v) is 12.0. The topological polar surface area (TPSA) is 81.9 Å². The standard InChI is InChI=1S/C26H30N4O4S/c1-5-33-15-7-14-30-17(2)22(23(27-26(30)35)18-10-12-20(31-3)13-11-18)25-28-24(29-34-25)19-8-6-9-21(16-19)32-4/h6,8-13,16,23H,5,7,14-15H2,1-4H3,(H,27,35). The van der Waals surface area contributed by atoms with Gasteiger partial charge in [0.25, 0.3) is 5.89 Å². The summed E-state index contributed by atoms with van der Waals surface area (Å²) in [6, 6.07) is 15.2. The van der Waals surface area contributed by atoms with Crippen molar-refractivity contribution in [2.24, 2.45) is 0 Å². The van der Waals surface area contributed by atoms with Crippen LogP contribution in [-0.2, 0) is 4.74 Å². The Balaban J connectivity index is 1.73. The Morgan fingerprint density at radius 1 is 1.09 bits per heavy atom. The number of nitrogens with one attached hydrogen (secondary N) is 1. The fraction of sp³-hybridized carbons (Fsp3) is 0.346. The van der Waals surface area contributed by atoms with Gasteiger partial charge in [-0.05, 0) is 62.3 Å². The number of ether oxygens (including phenoxy) is 3. The summed E-state index contributed by atoms with van der Waals surface area (Å²) in [6.45, 7) is 6.10. The molecule has 0 fully saturated rings. The number of hydrogen-bond donors (Lipinski definition) is 1. The molecule has 2 aromatic carbocycles. The smallest absolute Gasteiger partial charge is 0.258 e. The van der Waals surface area contributed by atoms with E-state index in [0.717, 1.165) is 40.3 Å². The number of nitrogens with zero attached hydrogens (tertiary/aromatic N) is 3. The van der Waals surface area contributed by atoms with Crippen LogP contribution in [-0.4, -0.2) is 54.1 Å². The summed E-state index contributed by atoms with van der Waals surface area (Å²) in [6.07, 6.45) is 0.840. The maximum absolute atomic E-state index is 5.81. The van der Waals surface area contributed by atoms with Gasteiger partial charge in [-0.3, -0.25) is 0 Å². The van der Waals surface area contributed by atoms with Crippen LogP contribution in [0.5, 0.6) is 11.5 Å². The highest BCUT2D eigenvalue weighted by Crippen LogP contribution is 2.38. The minimum Gasteiger partial charge on any atom is -0.497 e. The van der Waals surface area contributed by atoms with Crippen LogP contribution in [0.15, 0.2) is 58.8 Å². The zero-order valence-electron chi connectivity index (χ0n) is 20.4. The van der Waals surface area contributed by atoms with Crippen molar-refractivity contribution in [3.63, 3.8) is 0 Å². The first-order valence-electron chi connectivity index (χ1n) is 11.5. The molecule has 8 nitrogen and oxygen atoms in total. The second-order valence-corrected chi connectivity index (χ2v) is 8.40. The Labute approximate surface area is 210 Å². The van der Waals surface area contributed by atoms with Crippen LogP contribution in [0, 0.1) is 0 Å². The van der Waals surface area contributed by atoms with Crippen molar-refractivity contribution in [1.82, 2.24) is 20.4 Å². The molecule has 1 aliphatic rings. The fourth-order valence-electron chi connectivity index (χ4n) is 4.06. The average Bonchev–Trinajstić information content (AvgIpc) is 3.37. The van der Waals surface area contributed by atoms with Gasteiger partial charge in [0.2, 0.25) is 5.82 Å². The van der Waals surface area contributed by atoms with Gasteiger partial charge in [-0.1, -0.05) is 29.4 Å². The monoisotopic (exact) mass is 494 g/mol. The van der Waals surface area contributed by atoms with Crippen LogP contribution in [0.2, 0.25) is 0 Å². The molecule has 0 radical (unpaired) electrons. The van der Waals surface area contributed by atoms with Crippen molar-refractivity contribution in [1.29, 1.82) is 0 Å². The van der Waals surface area contributed by atoms with Gasteiger partial charge in [-0.25, -0.2) is 0 Å². The molecule has 0 saturated carbocycles. The van der Waals surface area contributed by atoms with Gasteiger partial charge in [-0.15, -0.1) is 0 Å². The van der Waals surface area contributed by atoms with E-state index in [1.54, 1.807) is 14.2 Å². The minimum atomic E-state index is -0.254. The molecule has 184 valence electrons. The number of allylic oxidation sites excluding steroid dienone is 1. The molecular formula is C26H30N4O4S. The Morgan fingerprint density at radius 2 is 1.86 bits per heavy atom. The fourth-order valence-corrected chi connectivity index (χ4v) is 4.40. The normalized spacial score (nSPS) is 15.8. The number of benzene rings is 2. The summed E-state index contributed by atoms with van der Waals surface area (Å²) in [7, 11) is 3.28. The Kier molecular flexibility index (Phi) is 7.99. The molecule has 0 saturated heterocycles. The van der Waals surface area contributed by atoms with Crippen LogP contribution in [0.1, 0.15) is 37.8 Å². The van der Waals surface area contributed by atoms with E-state index in [0.29, 0.717) is 36.6 Å². The van der Waals surface area contributed by atoms with Crippen LogP contribution in [0.3, 0.4) is 0 Å². The third-order valence-electron chi connectivity index (χ3n) is 5.90. The number of aromatic nitrogens is 2. The molecule has 1 unspecified atom stereocenters.